The normalized spacial score (nSPS) is 9.50. The zero-order valence-electron chi connectivity index (χ0n) is 6.97. The van der Waals surface area contributed by atoms with Crippen molar-refractivity contribution >= 4 is 5.69 Å². The van der Waals surface area contributed by atoms with Crippen molar-refractivity contribution in [2.45, 2.75) is 6.92 Å². The van der Waals surface area contributed by atoms with Crippen LogP contribution in [0.4, 0.5) is 10.1 Å². The Kier molecular flexibility index (Phi) is 2.80. The average molecular weight is 166 g/mol. The van der Waals surface area contributed by atoms with Crippen molar-refractivity contribution in [1.29, 1.82) is 0 Å². The maximum Gasteiger partial charge on any atom is 0.164 e. The van der Waals surface area contributed by atoms with E-state index in [0.717, 1.165) is 5.57 Å². The molecular weight excluding hydrogens is 155 g/mol. The van der Waals surface area contributed by atoms with E-state index in [1.54, 1.807) is 12.3 Å². The predicted octanol–water partition coefficient (Wildman–Crippen LogP) is 2.21. The SMILES string of the molecule is C=C(C)CNc1ccncc1F. The first-order valence-electron chi connectivity index (χ1n) is 3.68. The van der Waals surface area contributed by atoms with Crippen LogP contribution in [0, 0.1) is 5.82 Å². The van der Waals surface area contributed by atoms with Crippen LogP contribution in [0.25, 0.3) is 0 Å². The number of nitrogens with zero attached hydrogens (tertiary/aromatic N) is 1. The number of pyridine rings is 1. The zero-order chi connectivity index (χ0) is 8.97. The molecule has 12 heavy (non-hydrogen) atoms. The van der Waals surface area contributed by atoms with Crippen molar-refractivity contribution in [2.75, 3.05) is 11.9 Å². The van der Waals surface area contributed by atoms with E-state index >= 15 is 0 Å². The molecule has 1 aromatic heterocycles. The molecule has 0 aliphatic carbocycles. The first-order chi connectivity index (χ1) is 5.70. The van der Waals surface area contributed by atoms with Crippen LogP contribution in [0.1, 0.15) is 6.92 Å². The van der Waals surface area contributed by atoms with Gasteiger partial charge in [0, 0.05) is 12.7 Å². The summed E-state index contributed by atoms with van der Waals surface area (Å²) >= 11 is 0. The third-order valence-corrected chi connectivity index (χ3v) is 1.35. The molecule has 0 saturated heterocycles. The first kappa shape index (κ1) is 8.71. The minimum absolute atomic E-state index is 0.334. The molecular formula is C9H11FN2. The van der Waals surface area contributed by atoms with Gasteiger partial charge < -0.3 is 5.32 Å². The third kappa shape index (κ3) is 2.34. The third-order valence-electron chi connectivity index (χ3n) is 1.35. The maximum atomic E-state index is 12.9. The fraction of sp³-hybridized carbons (Fsp3) is 0.222. The molecule has 0 aliphatic rings. The van der Waals surface area contributed by atoms with E-state index < -0.39 is 0 Å². The van der Waals surface area contributed by atoms with Crippen molar-refractivity contribution < 1.29 is 4.39 Å². The molecule has 0 bridgehead atoms. The van der Waals surface area contributed by atoms with E-state index in [-0.39, 0.29) is 5.82 Å². The van der Waals surface area contributed by atoms with Crippen molar-refractivity contribution in [2.24, 2.45) is 0 Å². The molecule has 0 spiro atoms. The lowest BCUT2D eigenvalue weighted by molar-refractivity contribution is 0.624. The summed E-state index contributed by atoms with van der Waals surface area (Å²) in [6.07, 6.45) is 2.73. The van der Waals surface area contributed by atoms with Gasteiger partial charge in [-0.25, -0.2) is 4.39 Å². The van der Waals surface area contributed by atoms with Gasteiger partial charge in [-0.2, -0.15) is 0 Å². The lowest BCUT2D eigenvalue weighted by Gasteiger charge is -2.05. The number of nitrogens with one attached hydrogen (secondary N) is 1. The van der Waals surface area contributed by atoms with E-state index in [1.165, 1.54) is 6.20 Å². The lowest BCUT2D eigenvalue weighted by Crippen LogP contribution is -2.03. The summed E-state index contributed by atoms with van der Waals surface area (Å²) in [6, 6.07) is 1.60. The molecule has 1 heterocycles. The van der Waals surface area contributed by atoms with Crippen LogP contribution in [0.3, 0.4) is 0 Å². The molecule has 0 amide bonds. The fourth-order valence-electron chi connectivity index (χ4n) is 0.765. The van der Waals surface area contributed by atoms with Gasteiger partial charge in [-0.15, -0.1) is 0 Å². The Morgan fingerprint density at radius 3 is 3.08 bits per heavy atom. The van der Waals surface area contributed by atoms with Gasteiger partial charge in [-0.1, -0.05) is 12.2 Å². The fourth-order valence-corrected chi connectivity index (χ4v) is 0.765. The monoisotopic (exact) mass is 166 g/mol. The highest BCUT2D eigenvalue weighted by Crippen LogP contribution is 2.10. The summed E-state index contributed by atoms with van der Waals surface area (Å²) in [5, 5.41) is 2.90. The maximum absolute atomic E-state index is 12.9. The number of rotatable bonds is 3. The molecule has 2 nitrogen and oxygen atoms in total. The summed E-state index contributed by atoms with van der Waals surface area (Å²) in [7, 11) is 0. The second kappa shape index (κ2) is 3.85. The average Bonchev–Trinajstić information content (AvgIpc) is 2.03. The van der Waals surface area contributed by atoms with E-state index in [1.807, 2.05) is 6.92 Å². The van der Waals surface area contributed by atoms with Crippen molar-refractivity contribution in [3.05, 3.63) is 36.4 Å². The van der Waals surface area contributed by atoms with Crippen LogP contribution < -0.4 is 5.32 Å². The minimum Gasteiger partial charge on any atom is -0.379 e. The summed E-state index contributed by atoms with van der Waals surface area (Å²) < 4.78 is 12.9. The summed E-state index contributed by atoms with van der Waals surface area (Å²) in [6.45, 7) is 6.16. The largest absolute Gasteiger partial charge is 0.379 e. The Labute approximate surface area is 71.1 Å². The molecule has 1 aromatic rings. The summed E-state index contributed by atoms with van der Waals surface area (Å²) in [4.78, 5) is 3.63. The number of aromatic nitrogens is 1. The van der Waals surface area contributed by atoms with E-state index in [9.17, 15) is 4.39 Å². The molecule has 3 heteroatoms. The van der Waals surface area contributed by atoms with Crippen molar-refractivity contribution in [3.8, 4) is 0 Å². The van der Waals surface area contributed by atoms with Gasteiger partial charge in [0.15, 0.2) is 5.82 Å². The van der Waals surface area contributed by atoms with Crippen LogP contribution in [0.2, 0.25) is 0 Å². The van der Waals surface area contributed by atoms with Gasteiger partial charge in [-0.05, 0) is 13.0 Å². The minimum atomic E-state index is -0.334. The summed E-state index contributed by atoms with van der Waals surface area (Å²) in [5.74, 6) is -0.334. The van der Waals surface area contributed by atoms with Crippen molar-refractivity contribution in [3.63, 3.8) is 0 Å². The Morgan fingerprint density at radius 2 is 2.50 bits per heavy atom. The Hall–Kier alpha value is -1.38. The molecule has 0 saturated carbocycles. The van der Waals surface area contributed by atoms with Gasteiger partial charge in [0.05, 0.1) is 11.9 Å². The lowest BCUT2D eigenvalue weighted by atomic mass is 10.3. The Bertz CT molecular complexity index is 284. The molecule has 1 N–H and O–H groups in total. The number of anilines is 1. The number of hydrogen-bond acceptors (Lipinski definition) is 2. The van der Waals surface area contributed by atoms with Gasteiger partial charge in [0.1, 0.15) is 0 Å². The molecule has 1 rings (SSSR count). The molecule has 64 valence electrons. The van der Waals surface area contributed by atoms with Crippen LogP contribution in [0.15, 0.2) is 30.6 Å². The van der Waals surface area contributed by atoms with Gasteiger partial charge in [0.25, 0.3) is 0 Å². The Balaban J connectivity index is 2.63. The molecule has 0 atom stereocenters. The molecule has 0 fully saturated rings. The van der Waals surface area contributed by atoms with Crippen LogP contribution in [-0.2, 0) is 0 Å². The second-order valence-electron chi connectivity index (χ2n) is 2.67. The van der Waals surface area contributed by atoms with Crippen LogP contribution in [0.5, 0.6) is 0 Å². The quantitative estimate of drug-likeness (QED) is 0.696. The standard InChI is InChI=1S/C9H11FN2/c1-7(2)5-12-9-3-4-11-6-8(9)10/h3-4,6H,1,5H2,2H3,(H,11,12). The predicted molar refractivity (Wildman–Crippen MR) is 47.5 cm³/mol. The van der Waals surface area contributed by atoms with Gasteiger partial charge in [-0.3, -0.25) is 4.98 Å². The molecule has 0 radical (unpaired) electrons. The number of halogens is 1. The van der Waals surface area contributed by atoms with Gasteiger partial charge >= 0.3 is 0 Å². The highest BCUT2D eigenvalue weighted by molar-refractivity contribution is 5.43. The van der Waals surface area contributed by atoms with Gasteiger partial charge in [0.2, 0.25) is 0 Å². The smallest absolute Gasteiger partial charge is 0.164 e. The second-order valence-corrected chi connectivity index (χ2v) is 2.67. The molecule has 0 unspecified atom stereocenters. The van der Waals surface area contributed by atoms with E-state index in [2.05, 4.69) is 16.9 Å². The Morgan fingerprint density at radius 1 is 1.75 bits per heavy atom. The van der Waals surface area contributed by atoms with E-state index in [4.69, 9.17) is 0 Å². The highest BCUT2D eigenvalue weighted by Gasteiger charge is 1.98. The van der Waals surface area contributed by atoms with Crippen LogP contribution in [-0.4, -0.2) is 11.5 Å². The van der Waals surface area contributed by atoms with E-state index in [0.29, 0.717) is 12.2 Å². The zero-order valence-corrected chi connectivity index (χ0v) is 6.97. The number of hydrogen-bond donors (Lipinski definition) is 1. The molecule has 0 aromatic carbocycles. The van der Waals surface area contributed by atoms with Crippen molar-refractivity contribution in [1.82, 2.24) is 4.98 Å². The first-order valence-corrected chi connectivity index (χ1v) is 3.68. The van der Waals surface area contributed by atoms with Crippen LogP contribution >= 0.6 is 0 Å². The highest BCUT2D eigenvalue weighted by atomic mass is 19.1. The summed E-state index contributed by atoms with van der Waals surface area (Å²) in [5.41, 5.74) is 1.43. The topological polar surface area (TPSA) is 24.9 Å². The molecule has 0 aliphatic heterocycles.